The molecule has 1 heterocycles. The molecule has 0 saturated heterocycles. The van der Waals surface area contributed by atoms with Gasteiger partial charge in [0.1, 0.15) is 0 Å². The van der Waals surface area contributed by atoms with Gasteiger partial charge in [-0.2, -0.15) is 0 Å². The Morgan fingerprint density at radius 2 is 2.33 bits per heavy atom. The number of hydrogen-bond acceptors (Lipinski definition) is 3. The molecule has 1 spiro atoms. The largest absolute Gasteiger partial charge is 0.381 e. The topological polar surface area (TPSA) is 54.5 Å². The summed E-state index contributed by atoms with van der Waals surface area (Å²) in [5.41, 5.74) is 0.933. The molecule has 2 amide bonds. The van der Waals surface area contributed by atoms with E-state index < -0.39 is 0 Å². The molecule has 114 valence electrons. The Hall–Kier alpha value is -1.14. The maximum Gasteiger partial charge on any atom is 0.321 e. The van der Waals surface area contributed by atoms with Crippen molar-refractivity contribution in [2.75, 3.05) is 19.5 Å². The molecule has 2 aliphatic carbocycles. The fourth-order valence-electron chi connectivity index (χ4n) is 3.66. The molecular weight excluding hydrogens is 334 g/mol. The molecule has 2 saturated carbocycles. The molecule has 1 aromatic heterocycles. The number of rotatable bonds is 3. The zero-order chi connectivity index (χ0) is 15.0. The molecule has 0 aliphatic heterocycles. The molecule has 1 N–H and O–H groups in total. The first-order chi connectivity index (χ1) is 10.1. The first kappa shape index (κ1) is 14.8. The Labute approximate surface area is 133 Å². The minimum absolute atomic E-state index is 0.0762. The second-order valence-corrected chi connectivity index (χ2v) is 6.81. The van der Waals surface area contributed by atoms with Crippen molar-refractivity contribution in [3.8, 4) is 0 Å². The summed E-state index contributed by atoms with van der Waals surface area (Å²) in [6.45, 7) is 0. The van der Waals surface area contributed by atoms with Crippen LogP contribution in [0.25, 0.3) is 0 Å². The predicted octanol–water partition coefficient (Wildman–Crippen LogP) is 3.27. The van der Waals surface area contributed by atoms with Gasteiger partial charge in [-0.1, -0.05) is 6.42 Å². The maximum atomic E-state index is 12.5. The Kier molecular flexibility index (Phi) is 3.92. The lowest BCUT2D eigenvalue weighted by Crippen LogP contribution is -2.68. The molecule has 3 rings (SSSR count). The van der Waals surface area contributed by atoms with Crippen LogP contribution in [0, 0.1) is 5.41 Å². The lowest BCUT2D eigenvalue weighted by Gasteiger charge is -2.62. The summed E-state index contributed by atoms with van der Waals surface area (Å²) in [5.74, 6) is 0. The quantitative estimate of drug-likeness (QED) is 0.907. The highest BCUT2D eigenvalue weighted by Crippen LogP contribution is 2.58. The van der Waals surface area contributed by atoms with Gasteiger partial charge in [0, 0.05) is 38.0 Å². The number of carbonyl (C=O) groups excluding carboxylic acids is 1. The van der Waals surface area contributed by atoms with Crippen LogP contribution in [0.1, 0.15) is 25.7 Å². The molecule has 2 atom stereocenters. The van der Waals surface area contributed by atoms with Crippen molar-refractivity contribution in [2.45, 2.75) is 37.8 Å². The van der Waals surface area contributed by atoms with Gasteiger partial charge in [-0.05, 0) is 41.3 Å². The van der Waals surface area contributed by atoms with Crippen LogP contribution in [0.15, 0.2) is 22.9 Å². The van der Waals surface area contributed by atoms with Crippen molar-refractivity contribution >= 4 is 27.6 Å². The molecule has 2 fully saturated rings. The highest BCUT2D eigenvalue weighted by atomic mass is 79.9. The number of pyridine rings is 1. The van der Waals surface area contributed by atoms with E-state index in [-0.39, 0.29) is 17.5 Å². The van der Waals surface area contributed by atoms with Crippen molar-refractivity contribution in [2.24, 2.45) is 5.41 Å². The fraction of sp³-hybridized carbons (Fsp3) is 0.600. The monoisotopic (exact) mass is 353 g/mol. The van der Waals surface area contributed by atoms with Crippen LogP contribution >= 0.6 is 15.9 Å². The molecule has 2 aliphatic rings. The number of ether oxygens (including phenoxy) is 1. The number of nitrogens with zero attached hydrogens (tertiary/aromatic N) is 2. The van der Waals surface area contributed by atoms with Gasteiger partial charge in [0.05, 0.1) is 16.3 Å². The molecule has 1 aromatic rings. The van der Waals surface area contributed by atoms with E-state index >= 15 is 0 Å². The molecule has 6 heteroatoms. The third-order valence-corrected chi connectivity index (χ3v) is 5.75. The van der Waals surface area contributed by atoms with E-state index in [0.717, 1.165) is 29.4 Å². The SMILES string of the molecule is COC1CC(N(C)C(=O)Nc2ccncc2Br)C12CCC2. The minimum Gasteiger partial charge on any atom is -0.381 e. The standard InChI is InChI=1S/C15H20BrN3O2/c1-19(12-8-13(21-2)15(12)5-3-6-15)14(20)18-11-4-7-17-9-10(11)16/h4,7,9,12-13H,3,5-6,8H2,1-2H3,(H,17,18,20). The van der Waals surface area contributed by atoms with Gasteiger partial charge < -0.3 is 15.0 Å². The second-order valence-electron chi connectivity index (χ2n) is 5.96. The van der Waals surface area contributed by atoms with Gasteiger partial charge in [-0.25, -0.2) is 4.79 Å². The van der Waals surface area contributed by atoms with Gasteiger partial charge in [0.25, 0.3) is 0 Å². The summed E-state index contributed by atoms with van der Waals surface area (Å²) in [7, 11) is 3.65. The summed E-state index contributed by atoms with van der Waals surface area (Å²) >= 11 is 3.39. The Morgan fingerprint density at radius 3 is 2.90 bits per heavy atom. The Balaban J connectivity index is 1.67. The second kappa shape index (κ2) is 5.57. The highest BCUT2D eigenvalue weighted by molar-refractivity contribution is 9.10. The smallest absolute Gasteiger partial charge is 0.321 e. The zero-order valence-corrected chi connectivity index (χ0v) is 13.9. The van der Waals surface area contributed by atoms with Crippen LogP contribution < -0.4 is 5.32 Å². The molecule has 0 bridgehead atoms. The van der Waals surface area contributed by atoms with E-state index in [1.165, 1.54) is 6.42 Å². The number of hydrogen-bond donors (Lipinski definition) is 1. The summed E-state index contributed by atoms with van der Waals surface area (Å²) in [6, 6.07) is 1.98. The van der Waals surface area contributed by atoms with Crippen LogP contribution in [0.5, 0.6) is 0 Å². The van der Waals surface area contributed by atoms with Crippen molar-refractivity contribution in [1.82, 2.24) is 9.88 Å². The van der Waals surface area contributed by atoms with Crippen LogP contribution in [-0.2, 0) is 4.74 Å². The van der Waals surface area contributed by atoms with Crippen molar-refractivity contribution < 1.29 is 9.53 Å². The number of urea groups is 1. The Bertz CT molecular complexity index is 547. The average molecular weight is 354 g/mol. The first-order valence-corrected chi connectivity index (χ1v) is 8.04. The summed E-state index contributed by atoms with van der Waals surface area (Å²) in [6.07, 6.45) is 8.13. The third kappa shape index (κ3) is 2.34. The van der Waals surface area contributed by atoms with Crippen molar-refractivity contribution in [3.05, 3.63) is 22.9 Å². The molecule has 0 aromatic carbocycles. The van der Waals surface area contributed by atoms with Crippen molar-refractivity contribution in [1.29, 1.82) is 0 Å². The van der Waals surface area contributed by atoms with Crippen LogP contribution in [-0.4, -0.2) is 42.2 Å². The number of anilines is 1. The predicted molar refractivity (Wildman–Crippen MR) is 84.2 cm³/mol. The third-order valence-electron chi connectivity index (χ3n) is 5.11. The van der Waals surface area contributed by atoms with Gasteiger partial charge in [-0.15, -0.1) is 0 Å². The summed E-state index contributed by atoms with van der Waals surface area (Å²) < 4.78 is 6.35. The maximum absolute atomic E-state index is 12.5. The van der Waals surface area contributed by atoms with E-state index in [1.54, 1.807) is 25.6 Å². The van der Waals surface area contributed by atoms with Gasteiger partial charge in [0.15, 0.2) is 0 Å². The number of amides is 2. The van der Waals surface area contributed by atoms with E-state index in [4.69, 9.17) is 4.74 Å². The normalized spacial score (nSPS) is 25.9. The molecule has 0 radical (unpaired) electrons. The molecule has 5 nitrogen and oxygen atoms in total. The lowest BCUT2D eigenvalue weighted by molar-refractivity contribution is -0.181. The number of aromatic nitrogens is 1. The van der Waals surface area contributed by atoms with E-state index in [0.29, 0.717) is 6.10 Å². The molecule has 2 unspecified atom stereocenters. The fourth-order valence-corrected chi connectivity index (χ4v) is 4.01. The molecule has 21 heavy (non-hydrogen) atoms. The number of halogens is 1. The van der Waals surface area contributed by atoms with Gasteiger partial charge in [0.2, 0.25) is 0 Å². The number of nitrogens with one attached hydrogen (secondary N) is 1. The number of methoxy groups -OCH3 is 1. The van der Waals surface area contributed by atoms with Crippen LogP contribution in [0.2, 0.25) is 0 Å². The zero-order valence-electron chi connectivity index (χ0n) is 12.3. The van der Waals surface area contributed by atoms with E-state index in [2.05, 4.69) is 26.2 Å². The number of carbonyl (C=O) groups is 1. The highest BCUT2D eigenvalue weighted by Gasteiger charge is 2.60. The van der Waals surface area contributed by atoms with Gasteiger partial charge in [-0.3, -0.25) is 4.98 Å². The van der Waals surface area contributed by atoms with Crippen molar-refractivity contribution in [3.63, 3.8) is 0 Å². The first-order valence-electron chi connectivity index (χ1n) is 7.24. The van der Waals surface area contributed by atoms with E-state index in [9.17, 15) is 4.79 Å². The van der Waals surface area contributed by atoms with Gasteiger partial charge >= 0.3 is 6.03 Å². The van der Waals surface area contributed by atoms with E-state index in [1.807, 2.05) is 11.9 Å². The van der Waals surface area contributed by atoms with Crippen LogP contribution in [0.4, 0.5) is 10.5 Å². The minimum atomic E-state index is -0.0762. The van der Waals surface area contributed by atoms with Crippen LogP contribution in [0.3, 0.4) is 0 Å². The summed E-state index contributed by atoms with van der Waals surface area (Å²) in [4.78, 5) is 18.3. The Morgan fingerprint density at radius 1 is 1.57 bits per heavy atom. The average Bonchev–Trinajstić information content (AvgIpc) is 2.38. The lowest BCUT2D eigenvalue weighted by atomic mass is 9.50. The molecular formula is C15H20BrN3O2. The summed E-state index contributed by atoms with van der Waals surface area (Å²) in [5, 5.41) is 2.94.